The van der Waals surface area contributed by atoms with Crippen molar-refractivity contribution in [2.45, 2.75) is 0 Å². The van der Waals surface area contributed by atoms with Crippen LogP contribution in [0.3, 0.4) is 0 Å². The van der Waals surface area contributed by atoms with Gasteiger partial charge in [0, 0.05) is 0 Å². The summed E-state index contributed by atoms with van der Waals surface area (Å²) in [6, 6.07) is 98.9. The van der Waals surface area contributed by atoms with Gasteiger partial charge in [-0.3, -0.25) is 0 Å². The topological polar surface area (TPSA) is 0 Å². The molecular weight excluding hydrogens is 790 g/mol. The van der Waals surface area contributed by atoms with E-state index in [1.54, 1.807) is 0 Å². The third kappa shape index (κ3) is 6.91. The van der Waals surface area contributed by atoms with Crippen molar-refractivity contribution in [1.82, 2.24) is 0 Å². The zero-order valence-electron chi connectivity index (χ0n) is 36.6. The summed E-state index contributed by atoms with van der Waals surface area (Å²) in [5.41, 5.74) is 17.5. The third-order valence-corrected chi connectivity index (χ3v) is 13.7. The zero-order chi connectivity index (χ0) is 43.8. The van der Waals surface area contributed by atoms with Crippen molar-refractivity contribution < 1.29 is 0 Å². The molecule has 0 bridgehead atoms. The van der Waals surface area contributed by atoms with Crippen molar-refractivity contribution in [2.24, 2.45) is 0 Å². The SMILES string of the molecule is c1ccc(B(c2ccccc2)c2cc(-c3ccccc3-c3ccccc3)c3ccc4c(B(c5ccccc5)c5ccccc5)cc(-c5ccccc5-c5ccccc5)c5ccc2c3c45)cc1. The van der Waals surface area contributed by atoms with Gasteiger partial charge in [0.25, 0.3) is 0 Å². The Hall–Kier alpha value is -8.19. The second-order valence-corrected chi connectivity index (χ2v) is 17.4. The molecule has 0 aromatic heterocycles. The Morgan fingerprint density at radius 2 is 0.455 bits per heavy atom. The molecule has 0 fully saturated rings. The van der Waals surface area contributed by atoms with Crippen LogP contribution < -0.4 is 32.8 Å². The van der Waals surface area contributed by atoms with Crippen LogP contribution in [-0.2, 0) is 0 Å². The maximum atomic E-state index is 2.53. The number of benzene rings is 12. The van der Waals surface area contributed by atoms with Gasteiger partial charge in [-0.15, -0.1) is 0 Å². The highest BCUT2D eigenvalue weighted by Crippen LogP contribution is 2.45. The summed E-state index contributed by atoms with van der Waals surface area (Å²) in [5.74, 6) is 0. The Morgan fingerprint density at radius 1 is 0.197 bits per heavy atom. The molecule has 12 aromatic carbocycles. The van der Waals surface area contributed by atoms with Crippen LogP contribution in [0.4, 0.5) is 0 Å². The first kappa shape index (κ1) is 39.4. The van der Waals surface area contributed by atoms with Gasteiger partial charge < -0.3 is 0 Å². The van der Waals surface area contributed by atoms with Gasteiger partial charge in [0.1, 0.15) is 0 Å². The zero-order valence-corrected chi connectivity index (χ0v) is 36.6. The van der Waals surface area contributed by atoms with Crippen molar-refractivity contribution in [2.75, 3.05) is 0 Å². The summed E-state index contributed by atoms with van der Waals surface area (Å²) in [6.07, 6.45) is 0. The molecule has 306 valence electrons. The van der Waals surface area contributed by atoms with E-state index in [2.05, 4.69) is 267 Å². The van der Waals surface area contributed by atoms with Crippen LogP contribution in [0.1, 0.15) is 0 Å². The maximum absolute atomic E-state index is 2.53. The van der Waals surface area contributed by atoms with Crippen molar-refractivity contribution >= 4 is 78.5 Å². The smallest absolute Gasteiger partial charge is 0.0686 e. The van der Waals surface area contributed by atoms with Gasteiger partial charge in [-0.1, -0.05) is 300 Å². The van der Waals surface area contributed by atoms with Crippen LogP contribution in [0, 0.1) is 0 Å². The molecule has 12 rings (SSSR count). The van der Waals surface area contributed by atoms with Gasteiger partial charge in [-0.25, -0.2) is 0 Å². The summed E-state index contributed by atoms with van der Waals surface area (Å²) in [6.45, 7) is -0.0301. The van der Waals surface area contributed by atoms with E-state index in [9.17, 15) is 0 Å². The van der Waals surface area contributed by atoms with E-state index >= 15 is 0 Å². The molecule has 0 aliphatic carbocycles. The molecule has 0 aliphatic rings. The van der Waals surface area contributed by atoms with E-state index in [4.69, 9.17) is 0 Å². The van der Waals surface area contributed by atoms with Gasteiger partial charge in [0.2, 0.25) is 13.4 Å². The molecule has 0 saturated carbocycles. The van der Waals surface area contributed by atoms with Gasteiger partial charge in [0.15, 0.2) is 0 Å². The summed E-state index contributed by atoms with van der Waals surface area (Å²) in [7, 11) is 0. The summed E-state index contributed by atoms with van der Waals surface area (Å²) < 4.78 is 0. The first-order valence-electron chi connectivity index (χ1n) is 23.1. The molecule has 0 saturated heterocycles. The minimum atomic E-state index is -0.0151. The van der Waals surface area contributed by atoms with Gasteiger partial charge in [-0.05, 0) is 76.8 Å². The molecule has 0 radical (unpaired) electrons. The Labute approximate surface area is 388 Å². The minimum absolute atomic E-state index is 0.0151. The minimum Gasteiger partial charge on any atom is -0.0686 e. The van der Waals surface area contributed by atoms with Gasteiger partial charge >= 0.3 is 0 Å². The lowest BCUT2D eigenvalue weighted by Crippen LogP contribution is -2.52. The fourth-order valence-corrected chi connectivity index (χ4v) is 10.8. The lowest BCUT2D eigenvalue weighted by Gasteiger charge is -2.26. The predicted molar refractivity (Wildman–Crippen MR) is 287 cm³/mol. The molecule has 0 aliphatic heterocycles. The first-order valence-corrected chi connectivity index (χ1v) is 23.1. The lowest BCUT2D eigenvalue weighted by molar-refractivity contribution is 1.60. The van der Waals surface area contributed by atoms with E-state index in [1.165, 1.54) is 110 Å². The molecule has 0 spiro atoms. The fraction of sp³-hybridized carbons (Fsp3) is 0. The summed E-state index contributed by atoms with van der Waals surface area (Å²) in [5, 5.41) is 7.67. The van der Waals surface area contributed by atoms with E-state index in [0.717, 1.165) is 0 Å². The highest BCUT2D eigenvalue weighted by molar-refractivity contribution is 6.98. The van der Waals surface area contributed by atoms with E-state index in [1.807, 2.05) is 0 Å². The molecule has 66 heavy (non-hydrogen) atoms. The standard InChI is InChI=1S/C64H44B2/c1-7-23-45(24-8-1)51-35-19-21-37-53(51)59-43-61(65(47-27-11-3-12-28-47)48-29-13-4-14-30-48)57-42-40-56-60(54-38-22-20-36-52(54)46-25-9-2-10-26-46)44-62(58-41-39-55(59)63(57)64(56)58)66(49-31-15-5-16-32-49)50-33-17-6-18-34-50/h1-44H. The van der Waals surface area contributed by atoms with Crippen LogP contribution >= 0.6 is 0 Å². The predicted octanol–water partition coefficient (Wildman–Crippen LogP) is 12.3. The molecule has 0 nitrogen and oxygen atoms in total. The van der Waals surface area contributed by atoms with Crippen LogP contribution in [0.2, 0.25) is 0 Å². The van der Waals surface area contributed by atoms with E-state index < -0.39 is 0 Å². The van der Waals surface area contributed by atoms with Gasteiger partial charge in [-0.2, -0.15) is 0 Å². The van der Waals surface area contributed by atoms with Crippen molar-refractivity contribution in [3.05, 3.63) is 267 Å². The van der Waals surface area contributed by atoms with E-state index in [-0.39, 0.29) is 13.4 Å². The second kappa shape index (κ2) is 17.1. The largest absolute Gasteiger partial charge is 0.242 e. The van der Waals surface area contributed by atoms with Crippen LogP contribution in [-0.4, -0.2) is 13.4 Å². The molecule has 0 unspecified atom stereocenters. The Morgan fingerprint density at radius 3 is 0.773 bits per heavy atom. The highest BCUT2D eigenvalue weighted by Gasteiger charge is 2.31. The van der Waals surface area contributed by atoms with Crippen molar-refractivity contribution in [3.8, 4) is 44.5 Å². The quantitative estimate of drug-likeness (QED) is 0.0951. The number of hydrogen-bond acceptors (Lipinski definition) is 0. The lowest BCUT2D eigenvalue weighted by atomic mass is 9.35. The number of hydrogen-bond donors (Lipinski definition) is 0. The van der Waals surface area contributed by atoms with Gasteiger partial charge in [0.05, 0.1) is 0 Å². The van der Waals surface area contributed by atoms with Crippen LogP contribution in [0.15, 0.2) is 267 Å². The maximum Gasteiger partial charge on any atom is 0.242 e. The third-order valence-electron chi connectivity index (χ3n) is 13.7. The Kier molecular flexibility index (Phi) is 10.2. The molecule has 0 heterocycles. The fourth-order valence-electron chi connectivity index (χ4n) is 10.8. The monoisotopic (exact) mass is 834 g/mol. The van der Waals surface area contributed by atoms with Crippen molar-refractivity contribution in [3.63, 3.8) is 0 Å². The normalized spacial score (nSPS) is 11.3. The molecule has 0 N–H and O–H groups in total. The average Bonchev–Trinajstić information content (AvgIpc) is 3.40. The first-order chi connectivity index (χ1) is 32.8. The van der Waals surface area contributed by atoms with E-state index in [0.29, 0.717) is 0 Å². The average molecular weight is 835 g/mol. The Bertz CT molecular complexity index is 3290. The Balaban J connectivity index is 1.27. The molecule has 0 amide bonds. The molecular formula is C64H44B2. The van der Waals surface area contributed by atoms with Crippen LogP contribution in [0.5, 0.6) is 0 Å². The second-order valence-electron chi connectivity index (χ2n) is 17.4. The van der Waals surface area contributed by atoms with Crippen LogP contribution in [0.25, 0.3) is 76.8 Å². The van der Waals surface area contributed by atoms with Crippen molar-refractivity contribution in [1.29, 1.82) is 0 Å². The summed E-state index contributed by atoms with van der Waals surface area (Å²) >= 11 is 0. The molecule has 2 heteroatoms. The number of rotatable bonds is 10. The highest BCUT2D eigenvalue weighted by atomic mass is 14.2. The molecule has 12 aromatic rings. The molecule has 0 atom stereocenters. The summed E-state index contributed by atoms with van der Waals surface area (Å²) in [4.78, 5) is 0.